The van der Waals surface area contributed by atoms with Crippen LogP contribution in [0.1, 0.15) is 284 Å². The van der Waals surface area contributed by atoms with Crippen LogP contribution in [0.4, 0.5) is 0 Å². The van der Waals surface area contributed by atoms with Gasteiger partial charge in [0.1, 0.15) is 13.2 Å². The van der Waals surface area contributed by atoms with Crippen LogP contribution in [0.15, 0.2) is 134 Å². The summed E-state index contributed by atoms with van der Waals surface area (Å²) < 4.78 is 16.9. The van der Waals surface area contributed by atoms with E-state index < -0.39 is 6.10 Å². The molecule has 0 aliphatic carbocycles. The minimum Gasteiger partial charge on any atom is -0.462 e. The molecule has 0 aliphatic heterocycles. The molecule has 0 fully saturated rings. The lowest BCUT2D eigenvalue weighted by Crippen LogP contribution is -2.30. The average Bonchev–Trinajstić information content (AvgIpc) is 3.44. The molecule has 78 heavy (non-hydrogen) atoms. The summed E-state index contributed by atoms with van der Waals surface area (Å²) in [6.45, 7) is 6.47. The third-order valence-corrected chi connectivity index (χ3v) is 13.4. The fourth-order valence-electron chi connectivity index (χ4n) is 8.54. The second-order valence-electron chi connectivity index (χ2n) is 20.9. The molecule has 6 nitrogen and oxygen atoms in total. The normalized spacial score (nSPS) is 13.0. The molecule has 6 heteroatoms. The summed E-state index contributed by atoms with van der Waals surface area (Å²) in [6.07, 6.45) is 91.7. The molecule has 0 heterocycles. The van der Waals surface area contributed by atoms with Gasteiger partial charge in [0.05, 0.1) is 0 Å². The predicted octanol–water partition coefficient (Wildman–Crippen LogP) is 22.2. The molecule has 0 amide bonds. The number of unbranched alkanes of at least 4 members (excludes halogenated alkanes) is 24. The van der Waals surface area contributed by atoms with Crippen LogP contribution in [-0.4, -0.2) is 37.2 Å². The Kier molecular flexibility index (Phi) is 61.4. The van der Waals surface area contributed by atoms with Crippen LogP contribution in [-0.2, 0) is 28.6 Å². The van der Waals surface area contributed by atoms with E-state index in [-0.39, 0.29) is 31.1 Å². The molecule has 1 unspecified atom stereocenters. The maximum Gasteiger partial charge on any atom is 0.306 e. The van der Waals surface area contributed by atoms with Gasteiger partial charge in [-0.1, -0.05) is 257 Å². The molecule has 0 aromatic rings. The maximum absolute atomic E-state index is 12.9. The number of allylic oxidation sites excluding steroid dienone is 22. The fraction of sp³-hybridized carbons (Fsp3) is 0.653. The predicted molar refractivity (Wildman–Crippen MR) is 339 cm³/mol. The molecule has 0 saturated carbocycles. The van der Waals surface area contributed by atoms with Gasteiger partial charge in [-0.2, -0.15) is 0 Å². The van der Waals surface area contributed by atoms with Crippen molar-refractivity contribution in [3.8, 4) is 0 Å². The number of hydrogen-bond donors (Lipinski definition) is 0. The van der Waals surface area contributed by atoms with Crippen LogP contribution in [0, 0.1) is 0 Å². The summed E-state index contributed by atoms with van der Waals surface area (Å²) in [5.74, 6) is -0.930. The van der Waals surface area contributed by atoms with Gasteiger partial charge in [-0.15, -0.1) is 0 Å². The Morgan fingerprint density at radius 3 is 0.821 bits per heavy atom. The van der Waals surface area contributed by atoms with Crippen LogP contribution >= 0.6 is 0 Å². The fourth-order valence-corrected chi connectivity index (χ4v) is 8.54. The molecule has 0 saturated heterocycles. The van der Waals surface area contributed by atoms with E-state index in [0.29, 0.717) is 19.3 Å². The molecule has 0 bridgehead atoms. The Bertz CT molecular complexity index is 1670. The van der Waals surface area contributed by atoms with Crippen molar-refractivity contribution in [2.45, 2.75) is 290 Å². The Labute approximate surface area is 481 Å². The Balaban J connectivity index is 4.31. The minimum absolute atomic E-state index is 0.0940. The van der Waals surface area contributed by atoms with Crippen LogP contribution in [0.25, 0.3) is 0 Å². The minimum atomic E-state index is -0.798. The Hall–Kier alpha value is -4.45. The lowest BCUT2D eigenvalue weighted by atomic mass is 10.1. The van der Waals surface area contributed by atoms with E-state index in [0.717, 1.165) is 161 Å². The molecular formula is C72H118O6. The maximum atomic E-state index is 12.9. The topological polar surface area (TPSA) is 78.9 Å². The van der Waals surface area contributed by atoms with Crippen molar-refractivity contribution in [2.75, 3.05) is 13.2 Å². The monoisotopic (exact) mass is 1080 g/mol. The van der Waals surface area contributed by atoms with Gasteiger partial charge < -0.3 is 14.2 Å². The van der Waals surface area contributed by atoms with Gasteiger partial charge in [0.15, 0.2) is 6.10 Å². The molecule has 1 atom stereocenters. The summed E-state index contributed by atoms with van der Waals surface area (Å²) in [7, 11) is 0. The Morgan fingerprint density at radius 1 is 0.269 bits per heavy atom. The summed E-state index contributed by atoms with van der Waals surface area (Å²) in [4.78, 5) is 38.2. The molecular weight excluding hydrogens is 961 g/mol. The van der Waals surface area contributed by atoms with Crippen LogP contribution in [0.5, 0.6) is 0 Å². The highest BCUT2D eigenvalue weighted by molar-refractivity contribution is 5.71. The highest BCUT2D eigenvalue weighted by atomic mass is 16.6. The first kappa shape index (κ1) is 73.5. The standard InChI is InChI=1S/C72H118O6/c1-4-7-10-13-16-19-22-25-27-28-29-30-31-32-33-34-35-36-37-38-39-40-41-42-43-44-46-47-50-53-56-59-62-65-71(74)77-68-69(67-76-70(73)64-61-58-55-52-49-24-21-18-15-12-9-6-3)78-72(75)66-63-60-57-54-51-48-45-26-23-20-17-14-11-8-5-2/h7,10,16,18-19,21,25-27,29-30,32-33,35-36,38-39,41-42,44-46,69H,4-6,8-9,11-15,17,20,22-24,28,31,34,37,40,43,47-68H2,1-3H3/b10-7-,19-16-,21-18-,27-25-,30-29-,33-32-,36-35-,39-38-,42-41-,45-26-,46-44-. The van der Waals surface area contributed by atoms with Gasteiger partial charge >= 0.3 is 17.9 Å². The number of hydrogen-bond acceptors (Lipinski definition) is 6. The van der Waals surface area contributed by atoms with Crippen LogP contribution < -0.4 is 0 Å². The lowest BCUT2D eigenvalue weighted by Gasteiger charge is -2.18. The zero-order valence-electron chi connectivity index (χ0n) is 50.6. The smallest absolute Gasteiger partial charge is 0.306 e. The van der Waals surface area contributed by atoms with Crippen molar-refractivity contribution in [1.82, 2.24) is 0 Å². The van der Waals surface area contributed by atoms with E-state index >= 15 is 0 Å². The molecule has 0 spiro atoms. The zero-order chi connectivity index (χ0) is 56.4. The average molecular weight is 1080 g/mol. The molecule has 0 rings (SSSR count). The molecule has 0 aliphatic rings. The summed E-state index contributed by atoms with van der Waals surface area (Å²) in [6, 6.07) is 0. The summed E-state index contributed by atoms with van der Waals surface area (Å²) in [5, 5.41) is 0. The third-order valence-electron chi connectivity index (χ3n) is 13.4. The van der Waals surface area contributed by atoms with E-state index in [1.165, 1.54) is 83.5 Å². The van der Waals surface area contributed by atoms with Crippen molar-refractivity contribution in [1.29, 1.82) is 0 Å². The van der Waals surface area contributed by atoms with Gasteiger partial charge in [-0.25, -0.2) is 0 Å². The SMILES string of the molecule is CC/C=C\C/C=C\C/C=C\C/C=C\C/C=C\C/C=C\C/C=C\C/C=C\C/C=C\CCCCCCCC(=O)OCC(COC(=O)CCCCCCC/C=C\CCCCC)OC(=O)CCCCCCC/C=C\CCCCCCCC. The van der Waals surface area contributed by atoms with Crippen molar-refractivity contribution in [2.24, 2.45) is 0 Å². The largest absolute Gasteiger partial charge is 0.462 e. The van der Waals surface area contributed by atoms with Crippen LogP contribution in [0.3, 0.4) is 0 Å². The van der Waals surface area contributed by atoms with E-state index in [2.05, 4.69) is 154 Å². The second kappa shape index (κ2) is 65.1. The first-order valence-corrected chi connectivity index (χ1v) is 32.2. The van der Waals surface area contributed by atoms with Gasteiger partial charge in [-0.3, -0.25) is 14.4 Å². The number of carbonyl (C=O) groups excluding carboxylic acids is 3. The number of ether oxygens (including phenoxy) is 3. The Morgan fingerprint density at radius 2 is 0.500 bits per heavy atom. The third kappa shape index (κ3) is 62.4. The second-order valence-corrected chi connectivity index (χ2v) is 20.9. The highest BCUT2D eigenvalue weighted by Gasteiger charge is 2.19. The highest BCUT2D eigenvalue weighted by Crippen LogP contribution is 2.14. The molecule has 442 valence electrons. The van der Waals surface area contributed by atoms with Crippen molar-refractivity contribution >= 4 is 17.9 Å². The van der Waals surface area contributed by atoms with E-state index in [4.69, 9.17) is 14.2 Å². The molecule has 0 aromatic heterocycles. The summed E-state index contributed by atoms with van der Waals surface area (Å²) in [5.41, 5.74) is 0. The van der Waals surface area contributed by atoms with Crippen molar-refractivity contribution in [3.63, 3.8) is 0 Å². The zero-order valence-corrected chi connectivity index (χ0v) is 50.6. The van der Waals surface area contributed by atoms with E-state index in [1.807, 2.05) is 0 Å². The van der Waals surface area contributed by atoms with Gasteiger partial charge in [0.25, 0.3) is 0 Å². The lowest BCUT2D eigenvalue weighted by molar-refractivity contribution is -0.167. The van der Waals surface area contributed by atoms with Crippen LogP contribution in [0.2, 0.25) is 0 Å². The van der Waals surface area contributed by atoms with Gasteiger partial charge in [-0.05, 0) is 141 Å². The van der Waals surface area contributed by atoms with Gasteiger partial charge in [0.2, 0.25) is 0 Å². The van der Waals surface area contributed by atoms with E-state index in [9.17, 15) is 14.4 Å². The number of carbonyl (C=O) groups is 3. The number of esters is 3. The van der Waals surface area contributed by atoms with E-state index in [1.54, 1.807) is 0 Å². The van der Waals surface area contributed by atoms with Crippen molar-refractivity contribution in [3.05, 3.63) is 134 Å². The molecule has 0 radical (unpaired) electrons. The first-order valence-electron chi connectivity index (χ1n) is 32.2. The van der Waals surface area contributed by atoms with Gasteiger partial charge in [0, 0.05) is 19.3 Å². The molecule has 0 aromatic carbocycles. The number of rotatable bonds is 57. The van der Waals surface area contributed by atoms with Crippen molar-refractivity contribution < 1.29 is 28.6 Å². The first-order chi connectivity index (χ1) is 38.5. The quantitative estimate of drug-likeness (QED) is 0.0261. The molecule has 0 N–H and O–H groups in total. The summed E-state index contributed by atoms with van der Waals surface area (Å²) >= 11 is 0.